The van der Waals surface area contributed by atoms with Gasteiger partial charge in [0.25, 0.3) is 0 Å². The van der Waals surface area contributed by atoms with Crippen molar-refractivity contribution in [3.63, 3.8) is 0 Å². The summed E-state index contributed by atoms with van der Waals surface area (Å²) in [6.45, 7) is -2.88. The summed E-state index contributed by atoms with van der Waals surface area (Å²) < 4.78 is 47.9. The lowest BCUT2D eigenvalue weighted by molar-refractivity contribution is -0.383. The Bertz CT molecular complexity index is 1590. The molecule has 0 bridgehead atoms. The topological polar surface area (TPSA) is 279 Å². The van der Waals surface area contributed by atoms with E-state index in [1.54, 1.807) is 0 Å². The first-order valence-electron chi connectivity index (χ1n) is 15.8. The molecule has 292 valence electrons. The van der Waals surface area contributed by atoms with Crippen LogP contribution >= 0.6 is 0 Å². The van der Waals surface area contributed by atoms with Gasteiger partial charge in [0.2, 0.25) is 17.3 Å². The molecular weight excluding hydrogens is 712 g/mol. The van der Waals surface area contributed by atoms with Crippen LogP contribution in [0.4, 0.5) is 0 Å². The molecule has 0 aliphatic carbocycles. The zero-order valence-electron chi connectivity index (χ0n) is 28.9. The standard InChI is InChI=1S/C34H42O19/c1-45-18-9-16(10-19(46-2)26(18)40)5-7-24(38)50-31-23(14-36)49-33(30(44)29(31)43)53-34(15-37)32(28(42)22(13-35)52-34)51-25(39)8-6-17-11-20(47-3)27(41)21(12-17)48-4/h5-12,22-23,28-33,35-37,40-44H,13-15H2,1-4H3/b7-5+,8-6+/t22-,23+,28-,29+,30+,31+,32+,33+,34+/m0/s1. The number of aliphatic hydroxyl groups is 6. The Hall–Kier alpha value is -4.70. The van der Waals surface area contributed by atoms with Gasteiger partial charge in [0.05, 0.1) is 41.7 Å². The molecule has 0 radical (unpaired) electrons. The van der Waals surface area contributed by atoms with Gasteiger partial charge in [-0.3, -0.25) is 0 Å². The number of aliphatic hydroxyl groups excluding tert-OH is 6. The van der Waals surface area contributed by atoms with Crippen molar-refractivity contribution in [2.45, 2.75) is 54.8 Å². The van der Waals surface area contributed by atoms with Crippen molar-refractivity contribution in [1.82, 2.24) is 0 Å². The molecule has 19 nitrogen and oxygen atoms in total. The molecule has 2 aliphatic rings. The minimum absolute atomic E-state index is 0.0366. The summed E-state index contributed by atoms with van der Waals surface area (Å²) in [6.07, 6.45) is -9.95. The van der Waals surface area contributed by atoms with Gasteiger partial charge in [0.1, 0.15) is 37.1 Å². The number of carbonyl (C=O) groups is 2. The molecule has 0 amide bonds. The SMILES string of the molecule is COc1cc(/C=C/C(=O)O[C@H]2[C@H](O)[C@@H](O)[C@@H](O[C@@]3(CO)O[C@@H](CO)[C@H](O)[C@H]3OC(=O)/C=C/c3cc(OC)c(O)c(OC)c3)O[C@@H]2CO)cc(OC)c1O. The van der Waals surface area contributed by atoms with Crippen molar-refractivity contribution in [3.8, 4) is 34.5 Å². The number of phenols is 2. The molecule has 19 heteroatoms. The molecule has 2 aliphatic heterocycles. The second-order valence-corrected chi connectivity index (χ2v) is 11.6. The van der Waals surface area contributed by atoms with Crippen LogP contribution in [-0.4, -0.2) is 156 Å². The van der Waals surface area contributed by atoms with E-state index in [9.17, 15) is 50.4 Å². The van der Waals surface area contributed by atoms with Crippen molar-refractivity contribution in [1.29, 1.82) is 0 Å². The second-order valence-electron chi connectivity index (χ2n) is 11.6. The summed E-state index contributed by atoms with van der Waals surface area (Å²) in [7, 11) is 5.24. The van der Waals surface area contributed by atoms with Crippen LogP contribution in [0, 0.1) is 0 Å². The molecule has 8 N–H and O–H groups in total. The molecule has 4 rings (SSSR count). The molecule has 2 aromatic carbocycles. The minimum Gasteiger partial charge on any atom is -0.502 e. The minimum atomic E-state index is -2.51. The molecule has 2 heterocycles. The lowest BCUT2D eigenvalue weighted by Gasteiger charge is -2.44. The van der Waals surface area contributed by atoms with Crippen LogP contribution in [0.2, 0.25) is 0 Å². The van der Waals surface area contributed by atoms with Gasteiger partial charge < -0.3 is 83.5 Å². The maximum absolute atomic E-state index is 12.9. The number of benzene rings is 2. The highest BCUT2D eigenvalue weighted by molar-refractivity contribution is 5.88. The Morgan fingerprint density at radius 1 is 0.698 bits per heavy atom. The number of hydrogen-bond donors (Lipinski definition) is 8. The Kier molecular flexibility index (Phi) is 13.9. The predicted molar refractivity (Wildman–Crippen MR) is 177 cm³/mol. The zero-order valence-corrected chi connectivity index (χ0v) is 28.9. The van der Waals surface area contributed by atoms with E-state index in [0.717, 1.165) is 12.2 Å². The van der Waals surface area contributed by atoms with Crippen LogP contribution in [0.1, 0.15) is 11.1 Å². The Balaban J connectivity index is 1.50. The quantitative estimate of drug-likeness (QED) is 0.0765. The molecule has 2 saturated heterocycles. The molecule has 9 atom stereocenters. The maximum atomic E-state index is 12.9. The third-order valence-corrected chi connectivity index (χ3v) is 8.34. The fourth-order valence-electron chi connectivity index (χ4n) is 5.59. The lowest BCUT2D eigenvalue weighted by Crippen LogP contribution is -2.63. The van der Waals surface area contributed by atoms with E-state index >= 15 is 0 Å². The van der Waals surface area contributed by atoms with Gasteiger partial charge in [-0.05, 0) is 47.5 Å². The zero-order chi connectivity index (χ0) is 39.0. The van der Waals surface area contributed by atoms with E-state index in [0.29, 0.717) is 11.1 Å². The summed E-state index contributed by atoms with van der Waals surface area (Å²) in [5, 5.41) is 83.4. The molecule has 0 spiro atoms. The number of methoxy groups -OCH3 is 4. The van der Waals surface area contributed by atoms with Crippen LogP contribution in [0.15, 0.2) is 36.4 Å². The van der Waals surface area contributed by atoms with Crippen molar-refractivity contribution in [2.75, 3.05) is 48.3 Å². The smallest absolute Gasteiger partial charge is 0.331 e. The highest BCUT2D eigenvalue weighted by Gasteiger charge is 2.61. The molecule has 0 saturated carbocycles. The van der Waals surface area contributed by atoms with E-state index < -0.39 is 86.6 Å². The normalized spacial score (nSPS) is 28.6. The van der Waals surface area contributed by atoms with Crippen molar-refractivity contribution in [2.24, 2.45) is 0 Å². The molecular formula is C34H42O19. The largest absolute Gasteiger partial charge is 0.502 e. The maximum Gasteiger partial charge on any atom is 0.331 e. The Labute approximate surface area is 302 Å². The number of ether oxygens (including phenoxy) is 9. The van der Waals surface area contributed by atoms with Gasteiger partial charge in [-0.15, -0.1) is 0 Å². The van der Waals surface area contributed by atoms with Crippen molar-refractivity contribution in [3.05, 3.63) is 47.5 Å². The predicted octanol–water partition coefficient (Wildman–Crippen LogP) is -1.42. The second kappa shape index (κ2) is 17.9. The highest BCUT2D eigenvalue weighted by atomic mass is 16.8. The molecule has 2 fully saturated rings. The Morgan fingerprint density at radius 3 is 1.57 bits per heavy atom. The van der Waals surface area contributed by atoms with E-state index in [2.05, 4.69) is 0 Å². The number of esters is 2. The van der Waals surface area contributed by atoms with E-state index in [1.165, 1.54) is 64.9 Å². The summed E-state index contributed by atoms with van der Waals surface area (Å²) in [4.78, 5) is 25.7. The molecule has 53 heavy (non-hydrogen) atoms. The van der Waals surface area contributed by atoms with Crippen LogP contribution < -0.4 is 18.9 Å². The van der Waals surface area contributed by atoms with Gasteiger partial charge >= 0.3 is 11.9 Å². The number of phenolic OH excluding ortho intramolecular Hbond substituents is 2. The monoisotopic (exact) mass is 754 g/mol. The van der Waals surface area contributed by atoms with Gasteiger partial charge in [0, 0.05) is 12.2 Å². The van der Waals surface area contributed by atoms with Gasteiger partial charge in [-0.1, -0.05) is 0 Å². The van der Waals surface area contributed by atoms with E-state index in [4.69, 9.17) is 42.6 Å². The average Bonchev–Trinajstić information content (AvgIpc) is 3.42. The molecule has 0 aromatic heterocycles. The third-order valence-electron chi connectivity index (χ3n) is 8.34. The molecule has 0 unspecified atom stereocenters. The van der Waals surface area contributed by atoms with Gasteiger partial charge in [-0.2, -0.15) is 0 Å². The summed E-state index contributed by atoms with van der Waals surface area (Å²) in [5.41, 5.74) is 0.672. The number of hydrogen-bond acceptors (Lipinski definition) is 19. The van der Waals surface area contributed by atoms with Crippen molar-refractivity contribution >= 4 is 24.1 Å². The van der Waals surface area contributed by atoms with E-state index in [-0.39, 0.29) is 34.5 Å². The summed E-state index contributed by atoms with van der Waals surface area (Å²) >= 11 is 0. The number of rotatable bonds is 15. The summed E-state index contributed by atoms with van der Waals surface area (Å²) in [5.74, 6) is -5.03. The van der Waals surface area contributed by atoms with Crippen LogP contribution in [0.5, 0.6) is 34.5 Å². The molecule has 2 aromatic rings. The fourth-order valence-corrected chi connectivity index (χ4v) is 5.59. The lowest BCUT2D eigenvalue weighted by atomic mass is 9.98. The van der Waals surface area contributed by atoms with E-state index in [1.807, 2.05) is 0 Å². The first-order chi connectivity index (χ1) is 25.3. The van der Waals surface area contributed by atoms with Crippen LogP contribution in [-0.2, 0) is 33.3 Å². The Morgan fingerprint density at radius 2 is 1.15 bits per heavy atom. The average molecular weight is 755 g/mol. The van der Waals surface area contributed by atoms with Gasteiger partial charge in [-0.25, -0.2) is 9.59 Å². The number of carbonyl (C=O) groups excluding carboxylic acids is 2. The van der Waals surface area contributed by atoms with Crippen LogP contribution in [0.25, 0.3) is 12.2 Å². The summed E-state index contributed by atoms with van der Waals surface area (Å²) in [6, 6.07) is 5.56. The first kappa shape index (κ1) is 41.1. The van der Waals surface area contributed by atoms with Crippen LogP contribution in [0.3, 0.4) is 0 Å². The highest BCUT2D eigenvalue weighted by Crippen LogP contribution is 2.40. The fraction of sp³-hybridized carbons (Fsp3) is 0.471. The third kappa shape index (κ3) is 8.92. The number of aromatic hydroxyl groups is 2. The first-order valence-corrected chi connectivity index (χ1v) is 15.8. The van der Waals surface area contributed by atoms with Gasteiger partial charge in [0.15, 0.2) is 41.5 Å². The van der Waals surface area contributed by atoms with Crippen molar-refractivity contribution < 1.29 is 93.1 Å².